The molecule has 19 heavy (non-hydrogen) atoms. The van der Waals surface area contributed by atoms with Crippen LogP contribution in [-0.4, -0.2) is 28.2 Å². The van der Waals surface area contributed by atoms with E-state index in [0.29, 0.717) is 13.0 Å². The number of carboxylic acid groups (broad SMARTS) is 1. The number of carboxylic acids is 1. The quantitative estimate of drug-likeness (QED) is 0.403. The van der Waals surface area contributed by atoms with E-state index in [2.05, 4.69) is 0 Å². The summed E-state index contributed by atoms with van der Waals surface area (Å²) in [6.07, 6.45) is 8.10. The fourth-order valence-corrected chi connectivity index (χ4v) is 1.34. The molecule has 0 spiro atoms. The number of aryl methyl sites for hydroxylation is 1. The first kappa shape index (κ1) is 17.6. The molecule has 110 valence electrons. The molecule has 7 heteroatoms. The van der Waals surface area contributed by atoms with Gasteiger partial charge in [-0.3, -0.25) is 10.5 Å². The van der Waals surface area contributed by atoms with Gasteiger partial charge in [-0.05, 0) is 26.3 Å². The molecule has 1 rings (SSSR count). The van der Waals surface area contributed by atoms with E-state index in [1.165, 1.54) is 0 Å². The van der Waals surface area contributed by atoms with E-state index in [0.717, 1.165) is 12.8 Å². The summed E-state index contributed by atoms with van der Waals surface area (Å²) in [5.74, 6) is -0.933. The molecule has 7 nitrogen and oxygen atoms in total. The van der Waals surface area contributed by atoms with Crippen LogP contribution in [0.4, 0.5) is 0 Å². The number of nitrogens with two attached hydrogens (primary N) is 3. The van der Waals surface area contributed by atoms with Crippen LogP contribution in [0.1, 0.15) is 32.4 Å². The summed E-state index contributed by atoms with van der Waals surface area (Å²) < 4.78 is 3.91. The summed E-state index contributed by atoms with van der Waals surface area (Å²) in [6, 6.07) is -0.716. The first-order valence-electron chi connectivity index (χ1n) is 6.35. The zero-order valence-corrected chi connectivity index (χ0v) is 11.7. The minimum Gasteiger partial charge on any atom is -0.480 e. The van der Waals surface area contributed by atoms with Crippen LogP contribution in [0.3, 0.4) is 0 Å². The number of carbonyl (C=O) groups is 1. The Hall–Kier alpha value is -1.44. The van der Waals surface area contributed by atoms with E-state index in [-0.39, 0.29) is 6.17 Å². The van der Waals surface area contributed by atoms with Gasteiger partial charge in [-0.1, -0.05) is 6.42 Å². The fourth-order valence-electron chi connectivity index (χ4n) is 1.34. The molecule has 0 radical (unpaired) electrons. The first-order chi connectivity index (χ1) is 8.88. The SMILES string of the molecule is CC(N)[n+]1ccn(C)c1.NCCCCC(N)C(=O)O. The lowest BCUT2D eigenvalue weighted by Gasteiger charge is -2.03. The predicted octanol–water partition coefficient (Wildman–Crippen LogP) is -0.683. The maximum atomic E-state index is 10.1. The minimum absolute atomic E-state index is 0.0752. The Bertz CT molecular complexity index is 365. The molecule has 0 saturated carbocycles. The van der Waals surface area contributed by atoms with Crippen molar-refractivity contribution in [3.05, 3.63) is 18.7 Å². The van der Waals surface area contributed by atoms with Crippen molar-refractivity contribution in [2.45, 2.75) is 38.4 Å². The van der Waals surface area contributed by atoms with Crippen molar-refractivity contribution >= 4 is 5.97 Å². The van der Waals surface area contributed by atoms with E-state index < -0.39 is 12.0 Å². The van der Waals surface area contributed by atoms with Crippen LogP contribution in [-0.2, 0) is 11.8 Å². The summed E-state index contributed by atoms with van der Waals surface area (Å²) in [4.78, 5) is 10.1. The van der Waals surface area contributed by atoms with E-state index in [9.17, 15) is 4.79 Å². The van der Waals surface area contributed by atoms with Crippen LogP contribution in [0, 0.1) is 0 Å². The Morgan fingerprint density at radius 2 is 2.05 bits per heavy atom. The van der Waals surface area contributed by atoms with Gasteiger partial charge in [0.05, 0.1) is 7.05 Å². The van der Waals surface area contributed by atoms with Gasteiger partial charge in [-0.15, -0.1) is 0 Å². The predicted molar refractivity (Wildman–Crippen MR) is 73.0 cm³/mol. The van der Waals surface area contributed by atoms with Crippen molar-refractivity contribution in [3.8, 4) is 0 Å². The number of rotatable bonds is 6. The second-order valence-corrected chi connectivity index (χ2v) is 4.50. The van der Waals surface area contributed by atoms with Gasteiger partial charge in [0.2, 0.25) is 6.33 Å². The van der Waals surface area contributed by atoms with Crippen molar-refractivity contribution in [2.75, 3.05) is 6.54 Å². The Morgan fingerprint density at radius 3 is 2.37 bits per heavy atom. The summed E-state index contributed by atoms with van der Waals surface area (Å²) in [6.45, 7) is 2.55. The number of nitrogens with zero attached hydrogens (tertiary/aromatic N) is 2. The number of aliphatic carboxylic acids is 1. The molecule has 0 saturated heterocycles. The smallest absolute Gasteiger partial charge is 0.320 e. The maximum absolute atomic E-state index is 10.1. The van der Waals surface area contributed by atoms with E-state index >= 15 is 0 Å². The molecule has 0 aliphatic carbocycles. The number of aromatic nitrogens is 2. The zero-order chi connectivity index (χ0) is 14.8. The van der Waals surface area contributed by atoms with Crippen LogP contribution < -0.4 is 21.8 Å². The van der Waals surface area contributed by atoms with Gasteiger partial charge < -0.3 is 16.6 Å². The van der Waals surface area contributed by atoms with Gasteiger partial charge in [-0.25, -0.2) is 9.13 Å². The largest absolute Gasteiger partial charge is 0.480 e. The van der Waals surface area contributed by atoms with Gasteiger partial charge in [-0.2, -0.15) is 0 Å². The monoisotopic (exact) mass is 272 g/mol. The standard InChI is InChI=1S/C6H12N3.C6H14N2O2/c1-6(7)9-4-3-8(2)5-9;7-4-2-1-3-5(8)6(9)10/h3-6H,7H2,1-2H3;5H,1-4,7-8H2,(H,9,10)/q+1;. The maximum Gasteiger partial charge on any atom is 0.320 e. The lowest BCUT2D eigenvalue weighted by Crippen LogP contribution is -2.40. The molecule has 0 fully saturated rings. The van der Waals surface area contributed by atoms with Crippen LogP contribution in [0.2, 0.25) is 0 Å². The van der Waals surface area contributed by atoms with Gasteiger partial charge in [0.25, 0.3) is 0 Å². The van der Waals surface area contributed by atoms with Crippen molar-refractivity contribution in [1.82, 2.24) is 4.57 Å². The lowest BCUT2D eigenvalue weighted by molar-refractivity contribution is -0.718. The van der Waals surface area contributed by atoms with E-state index in [1.54, 1.807) is 0 Å². The molecule has 1 heterocycles. The molecule has 2 unspecified atom stereocenters. The number of imidazole rings is 1. The zero-order valence-electron chi connectivity index (χ0n) is 11.7. The fraction of sp³-hybridized carbons (Fsp3) is 0.667. The molecule has 0 aromatic carbocycles. The number of unbranched alkanes of at least 4 members (excludes halogenated alkanes) is 1. The highest BCUT2D eigenvalue weighted by atomic mass is 16.4. The third-order valence-electron chi connectivity index (χ3n) is 2.55. The third-order valence-corrected chi connectivity index (χ3v) is 2.55. The second-order valence-electron chi connectivity index (χ2n) is 4.50. The average molecular weight is 272 g/mol. The second kappa shape index (κ2) is 9.48. The van der Waals surface area contributed by atoms with E-state index in [1.807, 2.05) is 41.8 Å². The summed E-state index contributed by atoms with van der Waals surface area (Å²) in [5, 5.41) is 8.33. The molecular weight excluding hydrogens is 246 g/mol. The molecule has 0 bridgehead atoms. The Kier molecular flexibility index (Phi) is 8.77. The van der Waals surface area contributed by atoms with Crippen molar-refractivity contribution in [2.24, 2.45) is 24.2 Å². The molecule has 1 aromatic rings. The minimum atomic E-state index is -0.933. The van der Waals surface area contributed by atoms with Crippen LogP contribution in [0.25, 0.3) is 0 Å². The molecule has 7 N–H and O–H groups in total. The van der Waals surface area contributed by atoms with Gasteiger partial charge in [0, 0.05) is 0 Å². The molecule has 1 aromatic heterocycles. The van der Waals surface area contributed by atoms with Gasteiger partial charge in [0.15, 0.2) is 0 Å². The highest BCUT2D eigenvalue weighted by Gasteiger charge is 2.09. The molecule has 0 amide bonds. The molecule has 0 aliphatic heterocycles. The van der Waals surface area contributed by atoms with Crippen LogP contribution in [0.15, 0.2) is 18.7 Å². The van der Waals surface area contributed by atoms with Crippen LogP contribution >= 0.6 is 0 Å². The van der Waals surface area contributed by atoms with Crippen molar-refractivity contribution in [3.63, 3.8) is 0 Å². The number of hydrogen-bond acceptors (Lipinski definition) is 4. The third kappa shape index (κ3) is 8.30. The summed E-state index contributed by atoms with van der Waals surface area (Å²) in [5.41, 5.74) is 16.0. The normalized spacial score (nSPS) is 13.3. The highest BCUT2D eigenvalue weighted by molar-refractivity contribution is 5.72. The highest BCUT2D eigenvalue weighted by Crippen LogP contribution is 1.96. The molecular formula is C12H26N5O2+. The Labute approximate surface area is 114 Å². The number of hydrogen-bond donors (Lipinski definition) is 4. The van der Waals surface area contributed by atoms with Gasteiger partial charge in [0.1, 0.15) is 24.6 Å². The van der Waals surface area contributed by atoms with Gasteiger partial charge >= 0.3 is 5.97 Å². The average Bonchev–Trinajstić information content (AvgIpc) is 2.77. The van der Waals surface area contributed by atoms with Crippen LogP contribution in [0.5, 0.6) is 0 Å². The molecule has 0 aliphatic rings. The topological polar surface area (TPSA) is 124 Å². The Balaban J connectivity index is 0.000000342. The Morgan fingerprint density at radius 1 is 1.42 bits per heavy atom. The summed E-state index contributed by atoms with van der Waals surface area (Å²) >= 11 is 0. The van der Waals surface area contributed by atoms with Crippen molar-refractivity contribution < 1.29 is 14.5 Å². The lowest BCUT2D eigenvalue weighted by atomic mass is 10.1. The summed E-state index contributed by atoms with van der Waals surface area (Å²) in [7, 11) is 1.97. The van der Waals surface area contributed by atoms with Crippen molar-refractivity contribution in [1.29, 1.82) is 0 Å². The molecule has 2 atom stereocenters. The first-order valence-corrected chi connectivity index (χ1v) is 6.35. The van der Waals surface area contributed by atoms with E-state index in [4.69, 9.17) is 22.3 Å².